The molecule has 0 heterocycles. The van der Waals surface area contributed by atoms with Crippen molar-refractivity contribution < 1.29 is 23.1 Å². The molecule has 2 fully saturated rings. The molecule has 3 N–H and O–H groups in total. The summed E-state index contributed by atoms with van der Waals surface area (Å²) in [6, 6.07) is 4.32. The zero-order chi connectivity index (χ0) is 17.4. The van der Waals surface area contributed by atoms with Gasteiger partial charge in [-0.25, -0.2) is 4.79 Å². The van der Waals surface area contributed by atoms with E-state index in [1.54, 1.807) is 6.07 Å². The molecule has 2 aliphatic carbocycles. The number of carbonyl (C=O) groups is 1. The van der Waals surface area contributed by atoms with E-state index in [1.807, 2.05) is 0 Å². The fourth-order valence-corrected chi connectivity index (χ4v) is 2.84. The van der Waals surface area contributed by atoms with Crippen molar-refractivity contribution >= 4 is 6.03 Å². The summed E-state index contributed by atoms with van der Waals surface area (Å²) in [5, 5.41) is 14.8. The van der Waals surface area contributed by atoms with Crippen LogP contribution in [0.15, 0.2) is 24.3 Å². The Labute approximate surface area is 138 Å². The quantitative estimate of drug-likeness (QED) is 0.743. The first-order chi connectivity index (χ1) is 11.3. The maximum Gasteiger partial charge on any atom is 0.416 e. The van der Waals surface area contributed by atoms with Crippen LogP contribution in [0.25, 0.3) is 0 Å². The molecule has 0 aromatic heterocycles. The number of halogens is 3. The number of aliphatic hydroxyl groups excluding tert-OH is 1. The topological polar surface area (TPSA) is 61.4 Å². The van der Waals surface area contributed by atoms with Crippen molar-refractivity contribution in [2.75, 3.05) is 13.2 Å². The van der Waals surface area contributed by atoms with Gasteiger partial charge in [-0.15, -0.1) is 0 Å². The van der Waals surface area contributed by atoms with Crippen LogP contribution >= 0.6 is 0 Å². The number of nitrogens with one attached hydrogen (secondary N) is 2. The number of carbonyl (C=O) groups excluding carboxylic acids is 1. The predicted molar refractivity (Wildman–Crippen MR) is 82.2 cm³/mol. The van der Waals surface area contributed by atoms with Gasteiger partial charge < -0.3 is 15.7 Å². The zero-order valence-corrected chi connectivity index (χ0v) is 13.2. The van der Waals surface area contributed by atoms with Crippen molar-refractivity contribution in [3.05, 3.63) is 35.4 Å². The standard InChI is InChI=1S/C17H21F3N2O2/c18-17(19,20)13-3-1-2-12(8-13)14(11-4-5-11)22-15(24)21-9-16(10-23)6-7-16/h1-3,8,11,14,23H,4-7,9-10H2,(H2,21,22,24). The summed E-state index contributed by atoms with van der Waals surface area (Å²) >= 11 is 0. The molecule has 0 bridgehead atoms. The van der Waals surface area contributed by atoms with Crippen LogP contribution in [0.5, 0.6) is 0 Å². The minimum atomic E-state index is -4.40. The van der Waals surface area contributed by atoms with Gasteiger partial charge in [-0.05, 0) is 49.3 Å². The number of benzene rings is 1. The molecular weight excluding hydrogens is 321 g/mol. The molecule has 1 atom stereocenters. The molecule has 1 aromatic rings. The van der Waals surface area contributed by atoms with Crippen LogP contribution < -0.4 is 10.6 Å². The molecule has 132 valence electrons. The van der Waals surface area contributed by atoms with E-state index >= 15 is 0 Å². The zero-order valence-electron chi connectivity index (χ0n) is 13.2. The minimum absolute atomic E-state index is 0.0347. The highest BCUT2D eigenvalue weighted by atomic mass is 19.4. The summed E-state index contributed by atoms with van der Waals surface area (Å²) in [6.07, 6.45) is -0.859. The predicted octanol–water partition coefficient (Wildman–Crippen LogP) is 3.23. The van der Waals surface area contributed by atoms with Gasteiger partial charge in [0.05, 0.1) is 18.2 Å². The highest BCUT2D eigenvalue weighted by Crippen LogP contribution is 2.44. The number of aliphatic hydroxyl groups is 1. The average Bonchev–Trinajstić information content (AvgIpc) is 3.45. The second kappa shape index (κ2) is 6.27. The minimum Gasteiger partial charge on any atom is -0.396 e. The van der Waals surface area contributed by atoms with Crippen LogP contribution in [0.2, 0.25) is 0 Å². The Kier molecular flexibility index (Phi) is 4.46. The van der Waals surface area contributed by atoms with Crippen molar-refractivity contribution in [2.45, 2.75) is 37.9 Å². The van der Waals surface area contributed by atoms with E-state index in [0.717, 1.165) is 37.8 Å². The summed E-state index contributed by atoms with van der Waals surface area (Å²) in [5.74, 6) is 0.173. The molecule has 0 saturated heterocycles. The van der Waals surface area contributed by atoms with Gasteiger partial charge in [-0.3, -0.25) is 0 Å². The van der Waals surface area contributed by atoms with E-state index in [-0.39, 0.29) is 17.9 Å². The number of hydrogen-bond donors (Lipinski definition) is 3. The van der Waals surface area contributed by atoms with Gasteiger partial charge in [0.25, 0.3) is 0 Å². The Morgan fingerprint density at radius 3 is 2.58 bits per heavy atom. The third kappa shape index (κ3) is 4.01. The maximum absolute atomic E-state index is 12.9. The highest BCUT2D eigenvalue weighted by molar-refractivity contribution is 5.74. The lowest BCUT2D eigenvalue weighted by molar-refractivity contribution is -0.137. The molecule has 24 heavy (non-hydrogen) atoms. The van der Waals surface area contributed by atoms with Crippen LogP contribution in [-0.4, -0.2) is 24.3 Å². The Morgan fingerprint density at radius 1 is 1.33 bits per heavy atom. The van der Waals surface area contributed by atoms with Crippen molar-refractivity contribution in [3.8, 4) is 0 Å². The lowest BCUT2D eigenvalue weighted by Crippen LogP contribution is -2.41. The normalized spacial score (nSPS) is 20.3. The molecule has 0 radical (unpaired) electrons. The van der Waals surface area contributed by atoms with Gasteiger partial charge in [0.1, 0.15) is 0 Å². The van der Waals surface area contributed by atoms with E-state index in [0.29, 0.717) is 12.1 Å². The molecular formula is C17H21F3N2O2. The third-order valence-electron chi connectivity index (χ3n) is 4.87. The number of rotatable bonds is 6. The smallest absolute Gasteiger partial charge is 0.396 e. The monoisotopic (exact) mass is 342 g/mol. The second-order valence-electron chi connectivity index (χ2n) is 6.92. The van der Waals surface area contributed by atoms with Crippen LogP contribution in [0.4, 0.5) is 18.0 Å². The van der Waals surface area contributed by atoms with Crippen molar-refractivity contribution in [3.63, 3.8) is 0 Å². The summed E-state index contributed by atoms with van der Waals surface area (Å²) in [7, 11) is 0. The fourth-order valence-electron chi connectivity index (χ4n) is 2.84. The van der Waals surface area contributed by atoms with Gasteiger partial charge in [0.2, 0.25) is 0 Å². The highest BCUT2D eigenvalue weighted by Gasteiger charge is 2.42. The van der Waals surface area contributed by atoms with Gasteiger partial charge in [0, 0.05) is 12.0 Å². The summed E-state index contributed by atoms with van der Waals surface area (Å²) in [5.41, 5.74) is -0.432. The Hall–Kier alpha value is -1.76. The molecule has 0 spiro atoms. The van der Waals surface area contributed by atoms with Gasteiger partial charge in [-0.1, -0.05) is 12.1 Å². The lowest BCUT2D eigenvalue weighted by atomic mass is 10.00. The van der Waals surface area contributed by atoms with Crippen LogP contribution in [-0.2, 0) is 6.18 Å². The van der Waals surface area contributed by atoms with Crippen molar-refractivity contribution in [1.29, 1.82) is 0 Å². The molecule has 0 aliphatic heterocycles. The second-order valence-corrected chi connectivity index (χ2v) is 6.92. The van der Waals surface area contributed by atoms with Crippen LogP contribution in [0.3, 0.4) is 0 Å². The molecule has 2 saturated carbocycles. The number of hydrogen-bond acceptors (Lipinski definition) is 2. The number of amides is 2. The molecule has 1 unspecified atom stereocenters. The molecule has 7 heteroatoms. The number of urea groups is 1. The Balaban J connectivity index is 1.66. The fraction of sp³-hybridized carbons (Fsp3) is 0.588. The van der Waals surface area contributed by atoms with Crippen molar-refractivity contribution in [2.24, 2.45) is 11.3 Å². The first kappa shape index (κ1) is 17.1. The maximum atomic E-state index is 12.9. The van der Waals surface area contributed by atoms with E-state index in [4.69, 9.17) is 0 Å². The van der Waals surface area contributed by atoms with E-state index in [2.05, 4.69) is 10.6 Å². The molecule has 1 aromatic carbocycles. The molecule has 3 rings (SSSR count). The van der Waals surface area contributed by atoms with Crippen molar-refractivity contribution in [1.82, 2.24) is 10.6 Å². The van der Waals surface area contributed by atoms with Crippen LogP contribution in [0, 0.1) is 11.3 Å². The SMILES string of the molecule is O=C(NCC1(CO)CC1)NC(c1cccc(C(F)(F)F)c1)C1CC1. The van der Waals surface area contributed by atoms with Gasteiger partial charge in [0.15, 0.2) is 0 Å². The largest absolute Gasteiger partial charge is 0.416 e. The Morgan fingerprint density at radius 2 is 2.04 bits per heavy atom. The van der Waals surface area contributed by atoms with Gasteiger partial charge in [-0.2, -0.15) is 13.2 Å². The summed E-state index contributed by atoms with van der Waals surface area (Å²) < 4.78 is 38.7. The van der Waals surface area contributed by atoms with E-state index in [1.165, 1.54) is 6.07 Å². The summed E-state index contributed by atoms with van der Waals surface area (Å²) in [4.78, 5) is 12.1. The molecule has 2 aliphatic rings. The third-order valence-corrected chi connectivity index (χ3v) is 4.87. The number of alkyl halides is 3. The van der Waals surface area contributed by atoms with Gasteiger partial charge >= 0.3 is 12.2 Å². The van der Waals surface area contributed by atoms with Crippen LogP contribution in [0.1, 0.15) is 42.9 Å². The summed E-state index contributed by atoms with van der Waals surface area (Å²) in [6.45, 7) is 0.419. The first-order valence-corrected chi connectivity index (χ1v) is 8.15. The van der Waals surface area contributed by atoms with E-state index in [9.17, 15) is 23.1 Å². The lowest BCUT2D eigenvalue weighted by Gasteiger charge is -2.21. The molecule has 2 amide bonds. The van der Waals surface area contributed by atoms with E-state index < -0.39 is 23.8 Å². The first-order valence-electron chi connectivity index (χ1n) is 8.15. The molecule has 4 nitrogen and oxygen atoms in total. The average molecular weight is 342 g/mol. The Bertz CT molecular complexity index is 610.